The molecule has 10 heteroatoms. The molecule has 1 aromatic heterocycles. The average Bonchev–Trinajstić information content (AvgIpc) is 2.27. The maximum absolute atomic E-state index is 11.2. The van der Waals surface area contributed by atoms with Crippen molar-refractivity contribution in [3.8, 4) is 0 Å². The molecule has 2 N–H and O–H groups in total. The SMILES string of the molecule is O=S(=O)(O)C(F)(F)F.O=c1cc[nH]c2cc(Cl)ccc12. The second-order valence-electron chi connectivity index (χ2n) is 3.45. The van der Waals surface area contributed by atoms with Crippen molar-refractivity contribution in [1.29, 1.82) is 0 Å². The van der Waals surface area contributed by atoms with Crippen molar-refractivity contribution in [3.63, 3.8) is 0 Å². The van der Waals surface area contributed by atoms with Crippen LogP contribution in [0.15, 0.2) is 35.3 Å². The molecule has 2 aromatic rings. The van der Waals surface area contributed by atoms with Gasteiger partial charge in [0.05, 0.1) is 5.52 Å². The van der Waals surface area contributed by atoms with Gasteiger partial charge in [-0.1, -0.05) is 11.6 Å². The van der Waals surface area contributed by atoms with Crippen molar-refractivity contribution in [2.45, 2.75) is 5.51 Å². The standard InChI is InChI=1S/C9H6ClNO.CHF3O3S/c10-6-1-2-7-8(5-6)11-4-3-9(7)12;2-1(3,4)8(5,6)7/h1-5H,(H,11,12);(H,5,6,7). The van der Waals surface area contributed by atoms with Crippen LogP contribution in [0.3, 0.4) is 0 Å². The summed E-state index contributed by atoms with van der Waals surface area (Å²) in [6, 6.07) is 6.66. The number of aromatic nitrogens is 1. The Morgan fingerprint density at radius 2 is 1.75 bits per heavy atom. The van der Waals surface area contributed by atoms with E-state index >= 15 is 0 Å². The van der Waals surface area contributed by atoms with Crippen molar-refractivity contribution in [2.75, 3.05) is 0 Å². The summed E-state index contributed by atoms with van der Waals surface area (Å²) in [6.45, 7) is 0. The summed E-state index contributed by atoms with van der Waals surface area (Å²) in [6.07, 6.45) is 1.61. The van der Waals surface area contributed by atoms with E-state index < -0.39 is 15.6 Å². The zero-order chi connectivity index (χ0) is 15.6. The summed E-state index contributed by atoms with van der Waals surface area (Å²) in [7, 11) is -5.84. The molecule has 110 valence electrons. The van der Waals surface area contributed by atoms with Gasteiger partial charge in [0.2, 0.25) is 0 Å². The summed E-state index contributed by atoms with van der Waals surface area (Å²) >= 11 is 5.75. The Labute approximate surface area is 115 Å². The third-order valence-electron chi connectivity index (χ3n) is 2.01. The zero-order valence-corrected chi connectivity index (χ0v) is 11.1. The van der Waals surface area contributed by atoms with Gasteiger partial charge < -0.3 is 4.98 Å². The normalized spacial score (nSPS) is 11.8. The minimum atomic E-state index is -5.84. The lowest BCUT2D eigenvalue weighted by Crippen LogP contribution is -2.21. The third-order valence-corrected chi connectivity index (χ3v) is 2.83. The minimum absolute atomic E-state index is 0.0143. The summed E-state index contributed by atoms with van der Waals surface area (Å²) in [5, 5.41) is 1.30. The predicted molar refractivity (Wildman–Crippen MR) is 67.2 cm³/mol. The molecule has 0 spiro atoms. The van der Waals surface area contributed by atoms with Crippen LogP contribution in [-0.4, -0.2) is 23.5 Å². The second kappa shape index (κ2) is 5.81. The molecule has 20 heavy (non-hydrogen) atoms. The molecule has 0 aliphatic rings. The number of fused-ring (bicyclic) bond motifs is 1. The Morgan fingerprint density at radius 1 is 1.20 bits per heavy atom. The Bertz CT molecular complexity index is 770. The van der Waals surface area contributed by atoms with Gasteiger partial charge in [0, 0.05) is 22.7 Å². The predicted octanol–water partition coefficient (Wildman–Crippen LogP) is 2.58. The van der Waals surface area contributed by atoms with Crippen molar-refractivity contribution in [3.05, 3.63) is 45.7 Å². The molecule has 0 fully saturated rings. The van der Waals surface area contributed by atoms with Crippen molar-refractivity contribution >= 4 is 32.6 Å². The molecular formula is C10H7ClF3NO4S. The van der Waals surface area contributed by atoms with E-state index in [0.29, 0.717) is 10.4 Å². The molecule has 0 bridgehead atoms. The van der Waals surface area contributed by atoms with Gasteiger partial charge in [0.25, 0.3) is 0 Å². The summed E-state index contributed by atoms with van der Waals surface area (Å²) in [5.41, 5.74) is -4.75. The fourth-order valence-electron chi connectivity index (χ4n) is 1.15. The lowest BCUT2D eigenvalue weighted by atomic mass is 10.2. The molecule has 1 heterocycles. The molecule has 0 amide bonds. The maximum atomic E-state index is 11.2. The van der Waals surface area contributed by atoms with E-state index in [4.69, 9.17) is 24.6 Å². The van der Waals surface area contributed by atoms with Gasteiger partial charge in [-0.25, -0.2) is 0 Å². The number of benzene rings is 1. The number of halogens is 4. The van der Waals surface area contributed by atoms with Gasteiger partial charge >= 0.3 is 15.6 Å². The van der Waals surface area contributed by atoms with Crippen molar-refractivity contribution in [1.82, 2.24) is 4.98 Å². The van der Waals surface area contributed by atoms with E-state index in [1.807, 2.05) is 0 Å². The highest BCUT2D eigenvalue weighted by Crippen LogP contribution is 2.20. The van der Waals surface area contributed by atoms with Crippen LogP contribution in [0, 0.1) is 0 Å². The van der Waals surface area contributed by atoms with Crippen LogP contribution in [0.25, 0.3) is 10.9 Å². The van der Waals surface area contributed by atoms with Gasteiger partial charge in [-0.3, -0.25) is 9.35 Å². The van der Waals surface area contributed by atoms with Crippen LogP contribution in [0.5, 0.6) is 0 Å². The highest BCUT2D eigenvalue weighted by Gasteiger charge is 2.44. The first kappa shape index (κ1) is 16.5. The Kier molecular flexibility index (Phi) is 4.79. The average molecular weight is 330 g/mol. The van der Waals surface area contributed by atoms with Crippen LogP contribution in [0.1, 0.15) is 0 Å². The monoisotopic (exact) mass is 329 g/mol. The van der Waals surface area contributed by atoms with E-state index in [-0.39, 0.29) is 5.43 Å². The van der Waals surface area contributed by atoms with Crippen molar-refractivity contribution < 1.29 is 26.1 Å². The smallest absolute Gasteiger partial charge is 0.361 e. The van der Waals surface area contributed by atoms with E-state index in [0.717, 1.165) is 5.52 Å². The summed E-state index contributed by atoms with van der Waals surface area (Å²) in [4.78, 5) is 14.2. The molecular weight excluding hydrogens is 323 g/mol. The second-order valence-corrected chi connectivity index (χ2v) is 5.30. The first-order valence-electron chi connectivity index (χ1n) is 4.83. The molecule has 0 radical (unpaired) electrons. The Hall–Kier alpha value is -1.58. The lowest BCUT2D eigenvalue weighted by molar-refractivity contribution is -0.0510. The van der Waals surface area contributed by atoms with E-state index in [2.05, 4.69) is 4.98 Å². The Balaban J connectivity index is 0.000000221. The largest absolute Gasteiger partial charge is 0.522 e. The van der Waals surface area contributed by atoms with Gasteiger partial charge in [0.15, 0.2) is 5.43 Å². The minimum Gasteiger partial charge on any atom is -0.361 e. The van der Waals surface area contributed by atoms with Crippen LogP contribution in [0.2, 0.25) is 5.02 Å². The number of hydrogen-bond donors (Lipinski definition) is 2. The number of alkyl halides is 3. The zero-order valence-electron chi connectivity index (χ0n) is 9.48. The van der Waals surface area contributed by atoms with Crippen LogP contribution in [0.4, 0.5) is 13.2 Å². The molecule has 0 saturated carbocycles. The number of rotatable bonds is 0. The van der Waals surface area contributed by atoms with E-state index in [9.17, 15) is 18.0 Å². The number of nitrogens with one attached hydrogen (secondary N) is 1. The van der Waals surface area contributed by atoms with Crippen molar-refractivity contribution in [2.24, 2.45) is 0 Å². The van der Waals surface area contributed by atoms with E-state index in [1.54, 1.807) is 24.4 Å². The Morgan fingerprint density at radius 3 is 2.25 bits per heavy atom. The molecule has 0 aliphatic carbocycles. The number of H-pyrrole nitrogens is 1. The third kappa shape index (κ3) is 4.22. The first-order chi connectivity index (χ1) is 9.02. The maximum Gasteiger partial charge on any atom is 0.522 e. The van der Waals surface area contributed by atoms with Crippen LogP contribution in [-0.2, 0) is 10.1 Å². The summed E-state index contributed by atoms with van der Waals surface area (Å²) in [5.74, 6) is 0. The molecule has 0 unspecified atom stereocenters. The highest BCUT2D eigenvalue weighted by atomic mass is 35.5. The molecule has 0 atom stereocenters. The molecule has 1 aromatic carbocycles. The quantitative estimate of drug-likeness (QED) is 0.574. The van der Waals surface area contributed by atoms with Gasteiger partial charge in [0.1, 0.15) is 0 Å². The first-order valence-corrected chi connectivity index (χ1v) is 6.65. The van der Waals surface area contributed by atoms with Gasteiger partial charge in [-0.15, -0.1) is 0 Å². The molecule has 5 nitrogen and oxygen atoms in total. The molecule has 2 rings (SSSR count). The number of pyridine rings is 1. The lowest BCUT2D eigenvalue weighted by Gasteiger charge is -1.97. The topological polar surface area (TPSA) is 87.2 Å². The van der Waals surface area contributed by atoms with Gasteiger partial charge in [-0.2, -0.15) is 21.6 Å². The van der Waals surface area contributed by atoms with Crippen LogP contribution >= 0.6 is 11.6 Å². The highest BCUT2D eigenvalue weighted by molar-refractivity contribution is 7.86. The van der Waals surface area contributed by atoms with Gasteiger partial charge in [-0.05, 0) is 18.2 Å². The fraction of sp³-hybridized carbons (Fsp3) is 0.100. The number of hydrogen-bond acceptors (Lipinski definition) is 3. The summed E-state index contributed by atoms with van der Waals surface area (Å²) < 4.78 is 57.5. The molecule has 0 aliphatic heterocycles. The fourth-order valence-corrected chi connectivity index (χ4v) is 1.32. The molecule has 0 saturated heterocycles. The van der Waals surface area contributed by atoms with Crippen LogP contribution < -0.4 is 5.43 Å². The number of aromatic amines is 1. The van der Waals surface area contributed by atoms with E-state index in [1.165, 1.54) is 6.07 Å².